The van der Waals surface area contributed by atoms with Crippen molar-refractivity contribution in [1.29, 1.82) is 0 Å². The van der Waals surface area contributed by atoms with Gasteiger partial charge in [0.05, 0.1) is 26.4 Å². The highest BCUT2D eigenvalue weighted by Gasteiger charge is 2.09. The van der Waals surface area contributed by atoms with Gasteiger partial charge in [-0.1, -0.05) is 72.8 Å². The maximum Gasteiger partial charge on any atom is 0.137 e. The Labute approximate surface area is 474 Å². The van der Waals surface area contributed by atoms with E-state index < -0.39 is 49.6 Å². The van der Waals surface area contributed by atoms with Crippen molar-refractivity contribution in [3.8, 4) is 23.0 Å². The number of carbonyl (C=O) groups is 4. The van der Waals surface area contributed by atoms with Crippen LogP contribution in [-0.4, -0.2) is 148 Å². The van der Waals surface area contributed by atoms with Gasteiger partial charge in [0.15, 0.2) is 0 Å². The van der Waals surface area contributed by atoms with Crippen LogP contribution in [0.2, 0.25) is 0 Å². The molecule has 4 aromatic rings. The molecule has 0 spiro atoms. The molecule has 4 aromatic carbocycles. The first kappa shape index (κ1) is 75.7. The van der Waals surface area contributed by atoms with Gasteiger partial charge in [-0.2, -0.15) is 0 Å². The topological polar surface area (TPSA) is 345 Å². The number of aliphatic hydroxyl groups excluding tert-OH is 4. The molecule has 0 radical (unpaired) electrons. The number of nitrogens with two attached hydrogens (primary N) is 4. The summed E-state index contributed by atoms with van der Waals surface area (Å²) >= 11 is 0. The average molecular weight is 1130 g/mol. The van der Waals surface area contributed by atoms with Crippen molar-refractivity contribution in [1.82, 2.24) is 0 Å². The molecule has 20 nitrogen and oxygen atoms in total. The number of para-hydroxylation sites is 4. The van der Waals surface area contributed by atoms with Gasteiger partial charge in [-0.25, -0.2) is 0 Å². The van der Waals surface area contributed by atoms with E-state index in [0.717, 1.165) is 49.2 Å². The lowest BCUT2D eigenvalue weighted by Crippen LogP contribution is -2.91. The molecule has 452 valence electrons. The van der Waals surface area contributed by atoms with Gasteiger partial charge < -0.3 is 100 Å². The predicted octanol–water partition coefficient (Wildman–Crippen LogP) is -2.96. The Morgan fingerprint density at radius 2 is 0.500 bits per heavy atom. The van der Waals surface area contributed by atoms with E-state index in [4.69, 9.17) is 39.4 Å². The smallest absolute Gasteiger partial charge is 0.137 e. The van der Waals surface area contributed by atoms with E-state index >= 15 is 0 Å². The second-order valence-electron chi connectivity index (χ2n) is 19.5. The molecular weight excluding hydrogens is 1030 g/mol. The molecule has 0 bridgehead atoms. The first-order valence-corrected chi connectivity index (χ1v) is 27.2. The van der Waals surface area contributed by atoms with Crippen LogP contribution in [-0.2, 0) is 19.2 Å². The second kappa shape index (κ2) is 46.4. The third-order valence-electron chi connectivity index (χ3n) is 11.6. The quantitative estimate of drug-likeness (QED) is 0.0242. The maximum absolute atomic E-state index is 9.50. The van der Waals surface area contributed by atoms with Crippen molar-refractivity contribution in [2.45, 2.75) is 133 Å². The largest absolute Gasteiger partial charge is 0.550 e. The third kappa shape index (κ3) is 39.1. The van der Waals surface area contributed by atoms with E-state index in [1.165, 1.54) is 44.5 Å². The van der Waals surface area contributed by atoms with Crippen LogP contribution in [0.25, 0.3) is 0 Å². The Kier molecular flexibility index (Phi) is 43.9. The number of quaternary nitrogens is 4. The summed E-state index contributed by atoms with van der Waals surface area (Å²) in [6, 6.07) is 25.6. The Balaban J connectivity index is 0. The highest BCUT2D eigenvalue weighted by atomic mass is 16.5. The van der Waals surface area contributed by atoms with Gasteiger partial charge in [0, 0.05) is 23.9 Å². The molecule has 20 heteroatoms. The van der Waals surface area contributed by atoms with Crippen LogP contribution in [0, 0.1) is 55.4 Å². The van der Waals surface area contributed by atoms with Crippen LogP contribution >= 0.6 is 0 Å². The van der Waals surface area contributed by atoms with Crippen molar-refractivity contribution < 1.29 is 100 Å². The molecule has 0 heterocycles. The summed E-state index contributed by atoms with van der Waals surface area (Å²) in [5.74, 6) is -1.49. The molecule has 0 aromatic heterocycles. The number of aliphatic carboxylic acids is 4. The number of carboxylic acid groups (broad SMARTS) is 4. The van der Waals surface area contributed by atoms with Crippen LogP contribution in [0.15, 0.2) is 72.8 Å². The van der Waals surface area contributed by atoms with Crippen molar-refractivity contribution >= 4 is 23.9 Å². The molecule has 80 heavy (non-hydrogen) atoms. The molecular formula is C60H96N4O16. The molecule has 12 N–H and O–H groups in total. The van der Waals surface area contributed by atoms with Gasteiger partial charge in [0.2, 0.25) is 0 Å². The Morgan fingerprint density at radius 3 is 0.625 bits per heavy atom. The Hall–Kier alpha value is -6.36. The summed E-state index contributed by atoms with van der Waals surface area (Å²) in [6.07, 6.45) is -1.88. The normalized spacial score (nSPS) is 11.7. The molecule has 4 rings (SSSR count). The van der Waals surface area contributed by atoms with Gasteiger partial charge in [-0.15, -0.1) is 0 Å². The van der Waals surface area contributed by atoms with E-state index in [9.17, 15) is 39.6 Å². The van der Waals surface area contributed by atoms with Crippen LogP contribution in [0.4, 0.5) is 0 Å². The number of aliphatic hydroxyl groups is 4. The monoisotopic (exact) mass is 1130 g/mol. The van der Waals surface area contributed by atoms with E-state index in [0.29, 0.717) is 26.4 Å². The zero-order chi connectivity index (χ0) is 61.0. The number of hydrogen-bond donors (Lipinski definition) is 8. The van der Waals surface area contributed by atoms with E-state index in [2.05, 4.69) is 125 Å². The maximum atomic E-state index is 9.50. The number of aryl methyl sites for hydroxylation is 8. The van der Waals surface area contributed by atoms with Gasteiger partial charge in [0.25, 0.3) is 0 Å². The van der Waals surface area contributed by atoms with E-state index in [1.54, 1.807) is 0 Å². The lowest BCUT2D eigenvalue weighted by molar-refractivity contribution is -0.688. The van der Waals surface area contributed by atoms with Crippen molar-refractivity contribution in [2.24, 2.45) is 0 Å². The van der Waals surface area contributed by atoms with Crippen LogP contribution < -0.4 is 60.6 Å². The minimum Gasteiger partial charge on any atom is -0.550 e. The lowest BCUT2D eigenvalue weighted by Gasteiger charge is -2.12. The number of carbonyl (C=O) groups excluding carboxylic acids is 4. The fraction of sp³-hybridized carbons (Fsp3) is 0.533. The summed E-state index contributed by atoms with van der Waals surface area (Å²) in [5, 5.41) is 81.8. The van der Waals surface area contributed by atoms with Crippen LogP contribution in [0.1, 0.15) is 97.9 Å². The second-order valence-corrected chi connectivity index (χ2v) is 19.5. The molecule has 0 aliphatic rings. The standard InChI is InChI=1S/4C13H21NO2.2C4H6O4/c4*1-10-5-4-6-11(2)13(10)16-8-7-14-12(3)9-15;2*5-3(6)1-2-4(7)8/h4*4-6,12,14-15H,7-9H2,1-3H3;2*1-2H2,(H,5,6)(H,7,8)/t4*12-;;/m0000../s1. The number of rotatable bonds is 30. The number of carboxylic acids is 4. The van der Waals surface area contributed by atoms with E-state index in [-0.39, 0.29) is 50.6 Å². The molecule has 0 saturated heterocycles. The van der Waals surface area contributed by atoms with Crippen LogP contribution in [0.3, 0.4) is 0 Å². The SMILES string of the molecule is Cc1cccc(C)c1OCC[NH2+][C@@H](C)CO.Cc1cccc(C)c1OCC[NH2+][C@@H](C)CO.Cc1cccc(C)c1OCC[NH2+][C@@H](C)CO.Cc1cccc(C)c1OCC[NH2+][C@@H](C)CO.O=C([O-])CCC(=O)[O-].O=C([O-])CCC(=O)[O-]. The molecule has 0 saturated carbocycles. The molecule has 0 amide bonds. The summed E-state index contributed by atoms with van der Waals surface area (Å²) in [6.45, 7) is 31.5. The molecule has 0 unspecified atom stereocenters. The zero-order valence-electron chi connectivity index (χ0n) is 49.5. The highest BCUT2D eigenvalue weighted by Crippen LogP contribution is 2.24. The minimum atomic E-state index is -1.37. The third-order valence-corrected chi connectivity index (χ3v) is 11.6. The predicted molar refractivity (Wildman–Crippen MR) is 298 cm³/mol. The molecule has 0 aliphatic heterocycles. The fourth-order valence-corrected chi connectivity index (χ4v) is 6.87. The van der Waals surface area contributed by atoms with Gasteiger partial charge in [0.1, 0.15) is 99.8 Å². The van der Waals surface area contributed by atoms with Gasteiger partial charge in [-0.05, 0) is 153 Å². The number of benzene rings is 4. The van der Waals surface area contributed by atoms with E-state index in [1.807, 2.05) is 52.0 Å². The Bertz CT molecular complexity index is 1920. The highest BCUT2D eigenvalue weighted by molar-refractivity contribution is 5.73. The number of ether oxygens (including phenoxy) is 4. The summed E-state index contributed by atoms with van der Waals surface area (Å²) in [4.78, 5) is 38.0. The molecule has 4 atom stereocenters. The van der Waals surface area contributed by atoms with Crippen molar-refractivity contribution in [3.63, 3.8) is 0 Å². The van der Waals surface area contributed by atoms with Crippen molar-refractivity contribution in [3.05, 3.63) is 117 Å². The van der Waals surface area contributed by atoms with Gasteiger partial charge in [-0.3, -0.25) is 0 Å². The Morgan fingerprint density at radius 1 is 0.350 bits per heavy atom. The number of hydrogen-bond acceptors (Lipinski definition) is 16. The fourth-order valence-electron chi connectivity index (χ4n) is 6.87. The molecule has 0 aliphatic carbocycles. The van der Waals surface area contributed by atoms with Crippen molar-refractivity contribution in [2.75, 3.05) is 79.0 Å². The first-order valence-electron chi connectivity index (χ1n) is 27.2. The minimum absolute atomic E-state index is 0.212. The summed E-state index contributed by atoms with van der Waals surface area (Å²) < 4.78 is 23.0. The summed E-state index contributed by atoms with van der Waals surface area (Å²) in [5.41, 5.74) is 9.41. The zero-order valence-corrected chi connectivity index (χ0v) is 49.5. The van der Waals surface area contributed by atoms with Crippen LogP contribution in [0.5, 0.6) is 23.0 Å². The average Bonchev–Trinajstić information content (AvgIpc) is 3.41. The summed E-state index contributed by atoms with van der Waals surface area (Å²) in [7, 11) is 0. The van der Waals surface area contributed by atoms with Gasteiger partial charge >= 0.3 is 0 Å². The first-order chi connectivity index (χ1) is 37.8. The molecule has 0 fully saturated rings. The lowest BCUT2D eigenvalue weighted by atomic mass is 10.1.